The van der Waals surface area contributed by atoms with Crippen LogP contribution in [0.25, 0.3) is 10.9 Å². The van der Waals surface area contributed by atoms with Crippen molar-refractivity contribution in [2.24, 2.45) is 0 Å². The molecule has 0 amide bonds. The van der Waals surface area contributed by atoms with Crippen LogP contribution in [0.3, 0.4) is 0 Å². The molecule has 0 radical (unpaired) electrons. The Balaban J connectivity index is 2.57. The smallest absolute Gasteiger partial charge is 0.354 e. The van der Waals surface area contributed by atoms with E-state index in [1.165, 1.54) is 0 Å². The summed E-state index contributed by atoms with van der Waals surface area (Å²) in [5.41, 5.74) is 1.05. The largest absolute Gasteiger partial charge is 0.477 e. The van der Waals surface area contributed by atoms with Crippen LogP contribution < -0.4 is 0 Å². The van der Waals surface area contributed by atoms with Crippen LogP contribution in [0.4, 0.5) is 0 Å². The highest BCUT2D eigenvalue weighted by Gasteiger charge is 2.14. The molecule has 0 spiro atoms. The summed E-state index contributed by atoms with van der Waals surface area (Å²) < 4.78 is 0. The van der Waals surface area contributed by atoms with E-state index in [2.05, 4.69) is 10.2 Å². The average molecular weight is 222 g/mol. The molecule has 0 fully saturated rings. The van der Waals surface area contributed by atoms with Crippen molar-refractivity contribution in [1.29, 1.82) is 0 Å². The number of aromatic nitrogens is 2. The maximum atomic E-state index is 10.8. The molecule has 0 bridgehead atoms. The van der Waals surface area contributed by atoms with Crippen LogP contribution in [-0.4, -0.2) is 37.8 Å². The van der Waals surface area contributed by atoms with Gasteiger partial charge in [-0.05, 0) is 5.56 Å². The molecule has 2 rings (SSSR count). The molecule has 16 heavy (non-hydrogen) atoms. The van der Waals surface area contributed by atoms with E-state index in [9.17, 15) is 4.79 Å². The monoisotopic (exact) mass is 222 g/mol. The number of benzene rings is 1. The lowest BCUT2D eigenvalue weighted by Gasteiger charge is -2.03. The predicted octanol–water partition coefficient (Wildman–Crippen LogP) is 0.114. The van der Waals surface area contributed by atoms with Gasteiger partial charge in [0, 0.05) is 11.8 Å². The minimum Gasteiger partial charge on any atom is -0.477 e. The minimum absolute atomic E-state index is 0.00396. The predicted molar refractivity (Wildman–Crippen MR) is 55.0 cm³/mol. The van der Waals surface area contributed by atoms with Crippen LogP contribution in [-0.2, 0) is 6.42 Å². The minimum atomic E-state index is -1.48. The first-order valence-electron chi connectivity index (χ1n) is 4.65. The van der Waals surface area contributed by atoms with Crippen LogP contribution >= 0.6 is 0 Å². The van der Waals surface area contributed by atoms with E-state index in [1.807, 2.05) is 0 Å². The van der Waals surface area contributed by atoms with Crippen molar-refractivity contribution in [3.8, 4) is 0 Å². The first kappa shape index (κ1) is 10.6. The molecule has 0 saturated carbocycles. The maximum absolute atomic E-state index is 10.8. The van der Waals surface area contributed by atoms with E-state index in [-0.39, 0.29) is 12.1 Å². The third-order valence-electron chi connectivity index (χ3n) is 2.28. The van der Waals surface area contributed by atoms with E-state index < -0.39 is 12.3 Å². The van der Waals surface area contributed by atoms with Crippen molar-refractivity contribution in [3.63, 3.8) is 0 Å². The first-order chi connectivity index (χ1) is 7.59. The Bertz CT molecular complexity index is 533. The van der Waals surface area contributed by atoms with E-state index in [1.54, 1.807) is 18.2 Å². The molecular formula is C10H10N2O4. The summed E-state index contributed by atoms with van der Waals surface area (Å²) in [5, 5.41) is 33.4. The fourth-order valence-electron chi connectivity index (χ4n) is 1.62. The number of para-hydroxylation sites is 1. The molecule has 6 heteroatoms. The summed E-state index contributed by atoms with van der Waals surface area (Å²) in [6, 6.07) is 4.95. The molecule has 0 aliphatic rings. The second kappa shape index (κ2) is 3.92. The second-order valence-corrected chi connectivity index (χ2v) is 3.40. The van der Waals surface area contributed by atoms with Gasteiger partial charge in [0.2, 0.25) is 0 Å². The Morgan fingerprint density at radius 3 is 2.81 bits per heavy atom. The molecule has 84 valence electrons. The molecular weight excluding hydrogens is 212 g/mol. The van der Waals surface area contributed by atoms with Crippen molar-refractivity contribution in [2.75, 3.05) is 0 Å². The number of carbonyl (C=O) groups is 1. The van der Waals surface area contributed by atoms with Gasteiger partial charge in [-0.15, -0.1) is 0 Å². The number of nitrogens with one attached hydrogen (secondary N) is 1. The summed E-state index contributed by atoms with van der Waals surface area (Å²) in [4.78, 5) is 10.8. The van der Waals surface area contributed by atoms with Crippen LogP contribution in [0.5, 0.6) is 0 Å². The Morgan fingerprint density at radius 1 is 1.44 bits per heavy atom. The fraction of sp³-hybridized carbons (Fsp3) is 0.200. The highest BCUT2D eigenvalue weighted by Crippen LogP contribution is 2.20. The third kappa shape index (κ3) is 1.75. The standard InChI is InChI=1S/C10H10N2O4/c13-7(14)4-5-2-1-3-6-8(5)11-12-9(6)10(15)16/h1-3,7,13-14H,4H2,(H,11,12)(H,15,16). The van der Waals surface area contributed by atoms with Crippen LogP contribution in [0.2, 0.25) is 0 Å². The number of aliphatic hydroxyl groups is 2. The number of carboxylic acid groups (broad SMARTS) is 1. The second-order valence-electron chi connectivity index (χ2n) is 3.40. The number of aliphatic hydroxyl groups excluding tert-OH is 1. The number of nitrogens with zero attached hydrogens (tertiary/aromatic N) is 1. The zero-order chi connectivity index (χ0) is 11.7. The normalized spacial score (nSPS) is 11.2. The van der Waals surface area contributed by atoms with E-state index in [4.69, 9.17) is 15.3 Å². The van der Waals surface area contributed by atoms with Gasteiger partial charge < -0.3 is 15.3 Å². The molecule has 0 unspecified atom stereocenters. The number of hydrogen-bond donors (Lipinski definition) is 4. The third-order valence-corrected chi connectivity index (χ3v) is 2.28. The van der Waals surface area contributed by atoms with Crippen molar-refractivity contribution >= 4 is 16.9 Å². The lowest BCUT2D eigenvalue weighted by atomic mass is 10.1. The van der Waals surface area contributed by atoms with Gasteiger partial charge in [-0.1, -0.05) is 18.2 Å². The molecule has 6 nitrogen and oxygen atoms in total. The summed E-state index contributed by atoms with van der Waals surface area (Å²) in [6.45, 7) is 0. The molecule has 1 aromatic heterocycles. The number of aromatic amines is 1. The number of carboxylic acids is 1. The van der Waals surface area contributed by atoms with Crippen LogP contribution in [0, 0.1) is 0 Å². The van der Waals surface area contributed by atoms with Gasteiger partial charge in [0.15, 0.2) is 12.0 Å². The van der Waals surface area contributed by atoms with Gasteiger partial charge >= 0.3 is 5.97 Å². The molecule has 4 N–H and O–H groups in total. The topological polar surface area (TPSA) is 106 Å². The summed E-state index contributed by atoms with van der Waals surface area (Å²) >= 11 is 0. The van der Waals surface area contributed by atoms with Gasteiger partial charge in [-0.3, -0.25) is 5.10 Å². The zero-order valence-corrected chi connectivity index (χ0v) is 8.21. The van der Waals surface area contributed by atoms with Crippen molar-refractivity contribution < 1.29 is 20.1 Å². The molecule has 0 aliphatic carbocycles. The highest BCUT2D eigenvalue weighted by atomic mass is 16.5. The lowest BCUT2D eigenvalue weighted by Crippen LogP contribution is -2.08. The fourth-order valence-corrected chi connectivity index (χ4v) is 1.62. The number of fused-ring (bicyclic) bond motifs is 1. The Labute approximate surface area is 90.1 Å². The summed E-state index contributed by atoms with van der Waals surface area (Å²) in [7, 11) is 0. The summed E-state index contributed by atoms with van der Waals surface area (Å²) in [6.07, 6.45) is -1.46. The van der Waals surface area contributed by atoms with Gasteiger partial charge in [0.25, 0.3) is 0 Å². The highest BCUT2D eigenvalue weighted by molar-refractivity contribution is 6.01. The first-order valence-corrected chi connectivity index (χ1v) is 4.65. The number of hydrogen-bond acceptors (Lipinski definition) is 4. The molecule has 0 atom stereocenters. The van der Waals surface area contributed by atoms with Crippen molar-refractivity contribution in [3.05, 3.63) is 29.5 Å². The number of rotatable bonds is 3. The molecule has 2 aromatic rings. The van der Waals surface area contributed by atoms with Crippen LogP contribution in [0.1, 0.15) is 16.1 Å². The number of H-pyrrole nitrogens is 1. The van der Waals surface area contributed by atoms with Crippen LogP contribution in [0.15, 0.2) is 18.2 Å². The lowest BCUT2D eigenvalue weighted by molar-refractivity contribution is -0.0379. The van der Waals surface area contributed by atoms with Gasteiger partial charge in [-0.25, -0.2) is 4.79 Å². The number of aromatic carboxylic acids is 1. The molecule has 0 aliphatic heterocycles. The summed E-state index contributed by atoms with van der Waals surface area (Å²) in [5.74, 6) is -1.09. The average Bonchev–Trinajstić information content (AvgIpc) is 2.61. The van der Waals surface area contributed by atoms with E-state index in [0.29, 0.717) is 16.5 Å². The molecule has 1 heterocycles. The molecule has 1 aromatic carbocycles. The van der Waals surface area contributed by atoms with E-state index in [0.717, 1.165) is 0 Å². The Hall–Kier alpha value is -1.92. The SMILES string of the molecule is O=C(O)c1[nH]nc2c(CC(O)O)cccc12. The van der Waals surface area contributed by atoms with Crippen molar-refractivity contribution in [1.82, 2.24) is 10.2 Å². The zero-order valence-electron chi connectivity index (χ0n) is 8.21. The Morgan fingerprint density at radius 2 is 2.19 bits per heavy atom. The maximum Gasteiger partial charge on any atom is 0.354 e. The van der Waals surface area contributed by atoms with E-state index >= 15 is 0 Å². The molecule has 0 saturated heterocycles. The Kier molecular flexibility index (Phi) is 2.59. The quantitative estimate of drug-likeness (QED) is 0.551. The van der Waals surface area contributed by atoms with Gasteiger partial charge in [0.1, 0.15) is 0 Å². The van der Waals surface area contributed by atoms with Crippen molar-refractivity contribution in [2.45, 2.75) is 12.7 Å². The van der Waals surface area contributed by atoms with Gasteiger partial charge in [0.05, 0.1) is 5.52 Å². The van der Waals surface area contributed by atoms with Gasteiger partial charge in [-0.2, -0.15) is 5.10 Å².